The zero-order valence-electron chi connectivity index (χ0n) is 10.4. The summed E-state index contributed by atoms with van der Waals surface area (Å²) in [5.74, 6) is 0.542. The molecular formula is C13H11N5O2. The van der Waals surface area contributed by atoms with Crippen LogP contribution in [0.1, 0.15) is 16.2 Å². The lowest BCUT2D eigenvalue weighted by atomic mass is 10.1. The second-order valence-corrected chi connectivity index (χ2v) is 4.13. The Balaban J connectivity index is 1.90. The summed E-state index contributed by atoms with van der Waals surface area (Å²) < 4.78 is 4.60. The van der Waals surface area contributed by atoms with Crippen LogP contribution in [-0.2, 0) is 6.54 Å². The van der Waals surface area contributed by atoms with Crippen LogP contribution in [0.3, 0.4) is 0 Å². The largest absolute Gasteiger partial charge is 0.383 e. The fraction of sp³-hybridized carbons (Fsp3) is 0.0769. The quantitative estimate of drug-likeness (QED) is 0.738. The number of aromatic nitrogens is 3. The van der Waals surface area contributed by atoms with E-state index in [1.807, 2.05) is 24.3 Å². The summed E-state index contributed by atoms with van der Waals surface area (Å²) in [6.07, 6.45) is 2.67. The number of amides is 1. The molecule has 20 heavy (non-hydrogen) atoms. The highest BCUT2D eigenvalue weighted by atomic mass is 16.5. The van der Waals surface area contributed by atoms with Crippen molar-refractivity contribution in [3.63, 3.8) is 0 Å². The van der Waals surface area contributed by atoms with Crippen LogP contribution in [0, 0.1) is 0 Å². The molecule has 2 aromatic heterocycles. The van der Waals surface area contributed by atoms with E-state index >= 15 is 0 Å². The third-order valence-corrected chi connectivity index (χ3v) is 2.88. The number of hydrogen-bond donors (Lipinski definition) is 2. The molecule has 2 heterocycles. The average molecular weight is 269 g/mol. The molecule has 0 saturated carbocycles. The van der Waals surface area contributed by atoms with Crippen LogP contribution >= 0.6 is 0 Å². The highest BCUT2D eigenvalue weighted by molar-refractivity contribution is 6.08. The maximum Gasteiger partial charge on any atom is 0.253 e. The molecule has 7 heteroatoms. The number of benzene rings is 1. The Kier molecular flexibility index (Phi) is 3.00. The zero-order chi connectivity index (χ0) is 13.9. The molecule has 0 unspecified atom stereocenters. The standard InChI is InChI=1S/C13H11N5O2/c14-12-9-4-2-1-3-8(9)10(5-15-12)13(19)16-6-11-17-7-20-18-11/h1-5,7H,6H2,(H2,14,15)(H,16,19). The predicted octanol–water partition coefficient (Wildman–Crippen LogP) is 1.13. The summed E-state index contributed by atoms with van der Waals surface area (Å²) in [6.45, 7) is 0.189. The molecule has 0 aliphatic heterocycles. The van der Waals surface area contributed by atoms with Crippen LogP contribution in [-0.4, -0.2) is 21.0 Å². The van der Waals surface area contributed by atoms with Crippen molar-refractivity contribution in [2.24, 2.45) is 0 Å². The van der Waals surface area contributed by atoms with Gasteiger partial charge in [-0.2, -0.15) is 4.98 Å². The van der Waals surface area contributed by atoms with Gasteiger partial charge in [0.15, 0.2) is 5.82 Å². The van der Waals surface area contributed by atoms with Gasteiger partial charge in [-0.15, -0.1) is 0 Å². The van der Waals surface area contributed by atoms with Gasteiger partial charge in [-0.25, -0.2) is 4.98 Å². The van der Waals surface area contributed by atoms with Gasteiger partial charge in [-0.05, 0) is 5.39 Å². The summed E-state index contributed by atoms with van der Waals surface area (Å²) in [7, 11) is 0. The number of pyridine rings is 1. The molecule has 3 rings (SSSR count). The summed E-state index contributed by atoms with van der Waals surface area (Å²) >= 11 is 0. The first-order chi connectivity index (χ1) is 9.75. The molecule has 0 fully saturated rings. The molecule has 0 bridgehead atoms. The van der Waals surface area contributed by atoms with Crippen molar-refractivity contribution in [3.05, 3.63) is 48.2 Å². The van der Waals surface area contributed by atoms with Gasteiger partial charge in [0.05, 0.1) is 12.1 Å². The van der Waals surface area contributed by atoms with E-state index < -0.39 is 0 Å². The Morgan fingerprint density at radius 2 is 2.05 bits per heavy atom. The molecule has 0 spiro atoms. The SMILES string of the molecule is Nc1ncc(C(=O)NCc2ncon2)c2ccccc12. The molecule has 7 nitrogen and oxygen atoms in total. The second-order valence-electron chi connectivity index (χ2n) is 4.13. The van der Waals surface area contributed by atoms with Crippen molar-refractivity contribution in [1.29, 1.82) is 0 Å². The Hall–Kier alpha value is -2.96. The zero-order valence-corrected chi connectivity index (χ0v) is 10.4. The smallest absolute Gasteiger partial charge is 0.253 e. The van der Waals surface area contributed by atoms with Crippen molar-refractivity contribution in [1.82, 2.24) is 20.4 Å². The lowest BCUT2D eigenvalue weighted by Crippen LogP contribution is -2.24. The van der Waals surface area contributed by atoms with Crippen LogP contribution in [0.4, 0.5) is 5.82 Å². The van der Waals surface area contributed by atoms with Crippen LogP contribution in [0.2, 0.25) is 0 Å². The van der Waals surface area contributed by atoms with E-state index in [0.29, 0.717) is 17.2 Å². The number of anilines is 1. The van der Waals surface area contributed by atoms with Gasteiger partial charge in [0.2, 0.25) is 6.39 Å². The van der Waals surface area contributed by atoms with Gasteiger partial charge in [0.1, 0.15) is 5.82 Å². The molecule has 0 aliphatic rings. The first-order valence-corrected chi connectivity index (χ1v) is 5.92. The fourth-order valence-corrected chi connectivity index (χ4v) is 1.92. The molecule has 3 aromatic rings. The topological polar surface area (TPSA) is 107 Å². The van der Waals surface area contributed by atoms with Crippen molar-refractivity contribution in [2.45, 2.75) is 6.54 Å². The van der Waals surface area contributed by atoms with Crippen molar-refractivity contribution >= 4 is 22.5 Å². The van der Waals surface area contributed by atoms with E-state index in [9.17, 15) is 4.79 Å². The second kappa shape index (κ2) is 4.96. The number of fused-ring (bicyclic) bond motifs is 1. The fourth-order valence-electron chi connectivity index (χ4n) is 1.92. The number of rotatable bonds is 3. The molecule has 3 N–H and O–H groups in total. The maximum atomic E-state index is 12.2. The Labute approximate surface area is 113 Å². The average Bonchev–Trinajstić information content (AvgIpc) is 2.99. The van der Waals surface area contributed by atoms with Gasteiger partial charge in [-0.1, -0.05) is 29.4 Å². The summed E-state index contributed by atoms with van der Waals surface area (Å²) in [5, 5.41) is 7.83. The number of nitrogens with two attached hydrogens (primary N) is 1. The minimum Gasteiger partial charge on any atom is -0.383 e. The van der Waals surface area contributed by atoms with Crippen molar-refractivity contribution in [3.8, 4) is 0 Å². The molecule has 100 valence electrons. The van der Waals surface area contributed by atoms with Gasteiger partial charge < -0.3 is 15.6 Å². The van der Waals surface area contributed by atoms with Gasteiger partial charge >= 0.3 is 0 Å². The number of hydrogen-bond acceptors (Lipinski definition) is 6. The van der Waals surface area contributed by atoms with Crippen molar-refractivity contribution in [2.75, 3.05) is 5.73 Å². The summed E-state index contributed by atoms with van der Waals surface area (Å²) in [6, 6.07) is 7.35. The maximum absolute atomic E-state index is 12.2. The molecule has 0 atom stereocenters. The number of carbonyl (C=O) groups is 1. The van der Waals surface area contributed by atoms with E-state index in [-0.39, 0.29) is 12.5 Å². The Morgan fingerprint density at radius 1 is 1.25 bits per heavy atom. The minimum absolute atomic E-state index is 0.189. The molecule has 0 radical (unpaired) electrons. The van der Waals surface area contributed by atoms with Crippen LogP contribution < -0.4 is 11.1 Å². The molecule has 0 aliphatic carbocycles. The number of nitrogens with one attached hydrogen (secondary N) is 1. The third kappa shape index (κ3) is 2.16. The Morgan fingerprint density at radius 3 is 2.80 bits per heavy atom. The highest BCUT2D eigenvalue weighted by Gasteiger charge is 2.12. The molecule has 0 saturated heterocycles. The van der Waals surface area contributed by atoms with Crippen LogP contribution in [0.25, 0.3) is 10.8 Å². The lowest BCUT2D eigenvalue weighted by molar-refractivity contribution is 0.0951. The molecular weight excluding hydrogens is 258 g/mol. The van der Waals surface area contributed by atoms with Crippen LogP contribution in [0.15, 0.2) is 41.4 Å². The number of carbonyl (C=O) groups excluding carboxylic acids is 1. The first-order valence-electron chi connectivity index (χ1n) is 5.92. The third-order valence-electron chi connectivity index (χ3n) is 2.88. The monoisotopic (exact) mass is 269 g/mol. The lowest BCUT2D eigenvalue weighted by Gasteiger charge is -2.07. The molecule has 1 aromatic carbocycles. The van der Waals surface area contributed by atoms with E-state index in [2.05, 4.69) is 25.0 Å². The highest BCUT2D eigenvalue weighted by Crippen LogP contribution is 2.22. The van der Waals surface area contributed by atoms with E-state index in [1.54, 1.807) is 0 Å². The first kappa shape index (κ1) is 12.1. The number of nitrogens with zero attached hydrogens (tertiary/aromatic N) is 3. The van der Waals surface area contributed by atoms with Gasteiger partial charge in [0, 0.05) is 11.6 Å². The molecule has 1 amide bonds. The van der Waals surface area contributed by atoms with Crippen LogP contribution in [0.5, 0.6) is 0 Å². The van der Waals surface area contributed by atoms with Gasteiger partial charge in [-0.3, -0.25) is 4.79 Å². The minimum atomic E-state index is -0.265. The normalized spacial score (nSPS) is 10.6. The summed E-state index contributed by atoms with van der Waals surface area (Å²) in [4.78, 5) is 20.1. The van der Waals surface area contributed by atoms with Crippen molar-refractivity contribution < 1.29 is 9.32 Å². The van der Waals surface area contributed by atoms with Gasteiger partial charge in [0.25, 0.3) is 5.91 Å². The predicted molar refractivity (Wildman–Crippen MR) is 71.6 cm³/mol. The van der Waals surface area contributed by atoms with E-state index in [0.717, 1.165) is 10.8 Å². The van der Waals surface area contributed by atoms with E-state index in [4.69, 9.17) is 5.73 Å². The van der Waals surface area contributed by atoms with E-state index in [1.165, 1.54) is 12.6 Å². The summed E-state index contributed by atoms with van der Waals surface area (Å²) in [5.41, 5.74) is 6.26. The number of nitrogen functional groups attached to an aromatic ring is 1. The Bertz CT molecular complexity index is 755.